The SMILES string of the molecule is COC(=O)C=Cc1[nH]cc([N+](=O)[O-])c1C. The number of methoxy groups -OCH3 is 1. The van der Waals surface area contributed by atoms with Gasteiger partial charge in [-0.3, -0.25) is 10.1 Å². The molecule has 1 N–H and O–H groups in total. The third-order valence-corrected chi connectivity index (χ3v) is 1.94. The second kappa shape index (κ2) is 4.41. The molecule has 0 unspecified atom stereocenters. The lowest BCUT2D eigenvalue weighted by Gasteiger charge is -1.91. The Morgan fingerprint density at radius 2 is 2.33 bits per heavy atom. The van der Waals surface area contributed by atoms with E-state index in [0.717, 1.165) is 0 Å². The van der Waals surface area contributed by atoms with Crippen LogP contribution in [0.4, 0.5) is 5.69 Å². The maximum Gasteiger partial charge on any atom is 0.330 e. The van der Waals surface area contributed by atoms with Gasteiger partial charge in [0.05, 0.1) is 23.8 Å². The summed E-state index contributed by atoms with van der Waals surface area (Å²) in [5.41, 5.74) is 1.01. The van der Waals surface area contributed by atoms with Crippen LogP contribution >= 0.6 is 0 Å². The molecule has 0 bridgehead atoms. The van der Waals surface area contributed by atoms with Crippen LogP contribution in [0.15, 0.2) is 12.3 Å². The fourth-order valence-electron chi connectivity index (χ4n) is 1.08. The highest BCUT2D eigenvalue weighted by atomic mass is 16.6. The van der Waals surface area contributed by atoms with Gasteiger partial charge in [0.15, 0.2) is 0 Å². The zero-order chi connectivity index (χ0) is 11.4. The molecule has 0 saturated heterocycles. The highest BCUT2D eigenvalue weighted by molar-refractivity contribution is 5.87. The normalized spacial score (nSPS) is 10.5. The predicted molar refractivity (Wildman–Crippen MR) is 53.2 cm³/mol. The summed E-state index contributed by atoms with van der Waals surface area (Å²) in [6.45, 7) is 1.60. The second-order valence-electron chi connectivity index (χ2n) is 2.83. The van der Waals surface area contributed by atoms with E-state index in [4.69, 9.17) is 0 Å². The monoisotopic (exact) mass is 210 g/mol. The summed E-state index contributed by atoms with van der Waals surface area (Å²) in [4.78, 5) is 23.5. The maximum atomic E-state index is 10.8. The van der Waals surface area contributed by atoms with Gasteiger partial charge in [-0.1, -0.05) is 0 Å². The molecule has 6 nitrogen and oxygen atoms in total. The zero-order valence-electron chi connectivity index (χ0n) is 8.31. The van der Waals surface area contributed by atoms with Crippen LogP contribution in [0.1, 0.15) is 11.3 Å². The third kappa shape index (κ3) is 2.43. The lowest BCUT2D eigenvalue weighted by atomic mass is 10.2. The number of aromatic amines is 1. The van der Waals surface area contributed by atoms with Crippen LogP contribution in [-0.2, 0) is 9.53 Å². The van der Waals surface area contributed by atoms with Gasteiger partial charge in [0.1, 0.15) is 0 Å². The smallest absolute Gasteiger partial charge is 0.330 e. The maximum absolute atomic E-state index is 10.8. The van der Waals surface area contributed by atoms with Gasteiger partial charge in [0.25, 0.3) is 5.69 Å². The number of carbonyl (C=O) groups excluding carboxylic acids is 1. The van der Waals surface area contributed by atoms with Crippen LogP contribution in [0.3, 0.4) is 0 Å². The van der Waals surface area contributed by atoms with E-state index >= 15 is 0 Å². The van der Waals surface area contributed by atoms with Crippen LogP contribution in [0.25, 0.3) is 6.08 Å². The number of nitrogens with one attached hydrogen (secondary N) is 1. The molecule has 0 fully saturated rings. The molecule has 1 aromatic heterocycles. The van der Waals surface area contributed by atoms with Crippen molar-refractivity contribution in [1.82, 2.24) is 4.98 Å². The average molecular weight is 210 g/mol. The number of hydrogen-bond donors (Lipinski definition) is 1. The first-order chi connectivity index (χ1) is 7.06. The fraction of sp³-hybridized carbons (Fsp3) is 0.222. The number of nitro groups is 1. The molecule has 1 rings (SSSR count). The first-order valence-electron chi connectivity index (χ1n) is 4.14. The minimum absolute atomic E-state index is 0.000448. The Bertz CT molecular complexity index is 420. The summed E-state index contributed by atoms with van der Waals surface area (Å²) >= 11 is 0. The average Bonchev–Trinajstić information content (AvgIpc) is 2.56. The molecule has 0 saturated carbocycles. The molecule has 0 amide bonds. The van der Waals surface area contributed by atoms with Crippen molar-refractivity contribution in [3.05, 3.63) is 33.6 Å². The first kappa shape index (κ1) is 11.0. The van der Waals surface area contributed by atoms with E-state index in [1.165, 1.54) is 25.5 Å². The van der Waals surface area contributed by atoms with E-state index in [2.05, 4.69) is 9.72 Å². The number of esters is 1. The Hall–Kier alpha value is -2.11. The molecule has 0 aliphatic heterocycles. The number of nitrogens with zero attached hydrogens (tertiary/aromatic N) is 1. The standard InChI is InChI=1S/C9H10N2O4/c1-6-7(3-4-9(12)15-2)10-5-8(6)11(13)14/h3-5,10H,1-2H3. The molecule has 15 heavy (non-hydrogen) atoms. The Morgan fingerprint density at radius 3 is 2.80 bits per heavy atom. The molecule has 1 heterocycles. The topological polar surface area (TPSA) is 85.2 Å². The van der Waals surface area contributed by atoms with Crippen molar-refractivity contribution in [2.24, 2.45) is 0 Å². The van der Waals surface area contributed by atoms with E-state index in [0.29, 0.717) is 11.3 Å². The molecule has 0 aliphatic carbocycles. The van der Waals surface area contributed by atoms with Gasteiger partial charge < -0.3 is 9.72 Å². The highest BCUT2D eigenvalue weighted by Crippen LogP contribution is 2.21. The Balaban J connectivity index is 2.93. The van der Waals surface area contributed by atoms with Gasteiger partial charge in [-0.2, -0.15) is 0 Å². The molecule has 0 atom stereocenters. The number of rotatable bonds is 3. The Morgan fingerprint density at radius 1 is 1.67 bits per heavy atom. The molecular formula is C9H10N2O4. The van der Waals surface area contributed by atoms with Gasteiger partial charge in [-0.15, -0.1) is 0 Å². The Kier molecular flexibility index (Phi) is 3.22. The zero-order valence-corrected chi connectivity index (χ0v) is 8.31. The van der Waals surface area contributed by atoms with Crippen molar-refractivity contribution < 1.29 is 14.5 Å². The summed E-state index contributed by atoms with van der Waals surface area (Å²) in [7, 11) is 1.26. The minimum atomic E-state index is -0.508. The van der Waals surface area contributed by atoms with Crippen LogP contribution in [0.2, 0.25) is 0 Å². The number of ether oxygens (including phenoxy) is 1. The van der Waals surface area contributed by atoms with E-state index in [9.17, 15) is 14.9 Å². The van der Waals surface area contributed by atoms with Crippen LogP contribution < -0.4 is 0 Å². The fourth-order valence-corrected chi connectivity index (χ4v) is 1.08. The van der Waals surface area contributed by atoms with Crippen molar-refractivity contribution in [2.75, 3.05) is 7.11 Å². The molecular weight excluding hydrogens is 200 g/mol. The van der Waals surface area contributed by atoms with Crippen molar-refractivity contribution in [3.63, 3.8) is 0 Å². The van der Waals surface area contributed by atoms with Crippen LogP contribution in [0, 0.1) is 17.0 Å². The molecule has 0 aliphatic rings. The lowest BCUT2D eigenvalue weighted by molar-refractivity contribution is -0.385. The Labute approximate surface area is 85.7 Å². The van der Waals surface area contributed by atoms with Crippen molar-refractivity contribution >= 4 is 17.7 Å². The third-order valence-electron chi connectivity index (χ3n) is 1.94. The number of carbonyl (C=O) groups is 1. The number of hydrogen-bond acceptors (Lipinski definition) is 4. The van der Waals surface area contributed by atoms with Gasteiger partial charge in [0.2, 0.25) is 0 Å². The lowest BCUT2D eigenvalue weighted by Crippen LogP contribution is -1.93. The van der Waals surface area contributed by atoms with E-state index in [1.54, 1.807) is 6.92 Å². The summed E-state index contributed by atoms with van der Waals surface area (Å²) < 4.78 is 4.39. The summed E-state index contributed by atoms with van der Waals surface area (Å²) in [6, 6.07) is 0. The van der Waals surface area contributed by atoms with E-state index in [1.807, 2.05) is 0 Å². The van der Waals surface area contributed by atoms with Crippen molar-refractivity contribution in [1.29, 1.82) is 0 Å². The molecule has 80 valence electrons. The second-order valence-corrected chi connectivity index (χ2v) is 2.83. The quantitative estimate of drug-likeness (QED) is 0.354. The summed E-state index contributed by atoms with van der Waals surface area (Å²) in [6.07, 6.45) is 3.92. The van der Waals surface area contributed by atoms with E-state index < -0.39 is 10.9 Å². The van der Waals surface area contributed by atoms with Gasteiger partial charge in [-0.25, -0.2) is 4.79 Å². The summed E-state index contributed by atoms with van der Waals surface area (Å²) in [5.74, 6) is -0.508. The highest BCUT2D eigenvalue weighted by Gasteiger charge is 2.14. The molecule has 0 radical (unpaired) electrons. The molecule has 6 heteroatoms. The van der Waals surface area contributed by atoms with Gasteiger partial charge >= 0.3 is 5.97 Å². The number of H-pyrrole nitrogens is 1. The van der Waals surface area contributed by atoms with Gasteiger partial charge in [0, 0.05) is 11.8 Å². The van der Waals surface area contributed by atoms with Crippen molar-refractivity contribution in [3.8, 4) is 0 Å². The van der Waals surface area contributed by atoms with Crippen LogP contribution in [-0.4, -0.2) is 23.0 Å². The summed E-state index contributed by atoms with van der Waals surface area (Å²) in [5, 5.41) is 10.5. The first-order valence-corrected chi connectivity index (χ1v) is 4.14. The minimum Gasteiger partial charge on any atom is -0.466 e. The van der Waals surface area contributed by atoms with E-state index in [-0.39, 0.29) is 5.69 Å². The van der Waals surface area contributed by atoms with Crippen LogP contribution in [0.5, 0.6) is 0 Å². The molecule has 1 aromatic rings. The number of aromatic nitrogens is 1. The van der Waals surface area contributed by atoms with Gasteiger partial charge in [-0.05, 0) is 13.0 Å². The predicted octanol–water partition coefficient (Wildman–Crippen LogP) is 1.42. The molecule has 0 spiro atoms. The molecule has 0 aromatic carbocycles. The van der Waals surface area contributed by atoms with Crippen molar-refractivity contribution in [2.45, 2.75) is 6.92 Å². The largest absolute Gasteiger partial charge is 0.466 e.